The maximum absolute atomic E-state index is 12.0. The zero-order chi connectivity index (χ0) is 16.1. The highest BCUT2D eigenvalue weighted by Gasteiger charge is 2.24. The van der Waals surface area contributed by atoms with Gasteiger partial charge in [0.1, 0.15) is 0 Å². The van der Waals surface area contributed by atoms with Gasteiger partial charge in [0.2, 0.25) is 5.91 Å². The summed E-state index contributed by atoms with van der Waals surface area (Å²) < 4.78 is 0. The first-order valence-corrected chi connectivity index (χ1v) is 8.11. The zero-order valence-corrected chi connectivity index (χ0v) is 13.4. The van der Waals surface area contributed by atoms with Crippen LogP contribution in [0.5, 0.6) is 0 Å². The summed E-state index contributed by atoms with van der Waals surface area (Å²) in [5.41, 5.74) is 3.90. The van der Waals surface area contributed by atoms with Gasteiger partial charge in [-0.15, -0.1) is 0 Å². The lowest BCUT2D eigenvalue weighted by Crippen LogP contribution is -2.26. The average Bonchev–Trinajstić information content (AvgIpc) is 2.85. The Labute approximate surface area is 131 Å². The fourth-order valence-electron chi connectivity index (χ4n) is 2.96. The van der Waals surface area contributed by atoms with Crippen molar-refractivity contribution in [3.8, 4) is 0 Å². The number of hydrogen-bond acceptors (Lipinski definition) is 2. The van der Waals surface area contributed by atoms with Crippen LogP contribution in [0, 0.1) is 0 Å². The zero-order valence-electron chi connectivity index (χ0n) is 13.4. The molecule has 0 radical (unpaired) electrons. The lowest BCUT2D eigenvalue weighted by Gasteiger charge is -2.16. The van der Waals surface area contributed by atoms with Crippen LogP contribution < -0.4 is 5.32 Å². The van der Waals surface area contributed by atoms with E-state index in [1.54, 1.807) is 0 Å². The molecular weight excluding hydrogens is 278 g/mol. The Bertz CT molecular complexity index is 551. The van der Waals surface area contributed by atoms with Gasteiger partial charge in [0.15, 0.2) is 0 Å². The fraction of sp³-hybridized carbons (Fsp3) is 0.556. The standard InChI is InChI=1S/C18H25NO3/c1-12(2)14-8-7-13-9-10-16(15(13)11-14)19-17(20)5-3-4-6-18(21)22/h7-8,11-12,16H,3-6,9-10H2,1-2H3,(H,19,20)(H,21,22). The molecule has 1 aromatic rings. The molecule has 2 rings (SSSR count). The molecule has 0 aliphatic heterocycles. The van der Waals surface area contributed by atoms with Crippen LogP contribution in [0.2, 0.25) is 0 Å². The third-order valence-corrected chi connectivity index (χ3v) is 4.29. The van der Waals surface area contributed by atoms with Crippen LogP contribution in [0.3, 0.4) is 0 Å². The molecular formula is C18H25NO3. The highest BCUT2D eigenvalue weighted by molar-refractivity contribution is 5.76. The summed E-state index contributed by atoms with van der Waals surface area (Å²) in [5, 5.41) is 11.7. The number of carboxylic acid groups (broad SMARTS) is 1. The van der Waals surface area contributed by atoms with Crippen LogP contribution in [0.25, 0.3) is 0 Å². The molecule has 0 spiro atoms. The van der Waals surface area contributed by atoms with Crippen molar-refractivity contribution in [2.75, 3.05) is 0 Å². The van der Waals surface area contributed by atoms with Crippen molar-refractivity contribution in [2.24, 2.45) is 0 Å². The van der Waals surface area contributed by atoms with Gasteiger partial charge in [-0.25, -0.2) is 0 Å². The molecule has 1 aromatic carbocycles. The molecule has 4 heteroatoms. The second-order valence-corrected chi connectivity index (χ2v) is 6.37. The summed E-state index contributed by atoms with van der Waals surface area (Å²) in [5.74, 6) is -0.289. The number of carbonyl (C=O) groups excluding carboxylic acids is 1. The van der Waals surface area contributed by atoms with Crippen LogP contribution in [0.4, 0.5) is 0 Å². The van der Waals surface area contributed by atoms with Crippen molar-refractivity contribution < 1.29 is 14.7 Å². The third-order valence-electron chi connectivity index (χ3n) is 4.29. The third kappa shape index (κ3) is 4.33. The highest BCUT2D eigenvalue weighted by Crippen LogP contribution is 2.33. The van der Waals surface area contributed by atoms with Gasteiger partial charge in [-0.1, -0.05) is 32.0 Å². The van der Waals surface area contributed by atoms with Gasteiger partial charge >= 0.3 is 5.97 Å². The molecule has 120 valence electrons. The van der Waals surface area contributed by atoms with Crippen LogP contribution in [-0.2, 0) is 16.0 Å². The molecule has 0 saturated heterocycles. The van der Waals surface area contributed by atoms with Gasteiger partial charge in [0, 0.05) is 12.8 Å². The van der Waals surface area contributed by atoms with Crippen molar-refractivity contribution in [1.29, 1.82) is 0 Å². The van der Waals surface area contributed by atoms with E-state index in [9.17, 15) is 9.59 Å². The number of carbonyl (C=O) groups is 2. The van der Waals surface area contributed by atoms with Gasteiger partial charge in [-0.2, -0.15) is 0 Å². The van der Waals surface area contributed by atoms with E-state index in [4.69, 9.17) is 5.11 Å². The smallest absolute Gasteiger partial charge is 0.303 e. The van der Waals surface area contributed by atoms with Crippen molar-refractivity contribution >= 4 is 11.9 Å². The Kier molecular flexibility index (Phi) is 5.58. The second kappa shape index (κ2) is 7.43. The molecule has 1 amide bonds. The first-order valence-electron chi connectivity index (χ1n) is 8.11. The number of rotatable bonds is 7. The Morgan fingerprint density at radius 1 is 1.27 bits per heavy atom. The topological polar surface area (TPSA) is 66.4 Å². The summed E-state index contributed by atoms with van der Waals surface area (Å²) in [6, 6.07) is 6.70. The molecule has 1 atom stereocenters. The summed E-state index contributed by atoms with van der Waals surface area (Å²) in [6.45, 7) is 4.35. The molecule has 22 heavy (non-hydrogen) atoms. The van der Waals surface area contributed by atoms with Crippen molar-refractivity contribution in [1.82, 2.24) is 5.32 Å². The molecule has 1 aliphatic carbocycles. The van der Waals surface area contributed by atoms with E-state index in [0.717, 1.165) is 12.8 Å². The molecule has 4 nitrogen and oxygen atoms in total. The second-order valence-electron chi connectivity index (χ2n) is 6.37. The number of benzene rings is 1. The van der Waals surface area contributed by atoms with E-state index in [0.29, 0.717) is 25.2 Å². The highest BCUT2D eigenvalue weighted by atomic mass is 16.4. The van der Waals surface area contributed by atoms with Gasteiger partial charge in [-0.05, 0) is 48.3 Å². The normalized spacial score (nSPS) is 16.6. The lowest BCUT2D eigenvalue weighted by molar-refractivity contribution is -0.137. The average molecular weight is 303 g/mol. The van der Waals surface area contributed by atoms with E-state index >= 15 is 0 Å². The maximum Gasteiger partial charge on any atom is 0.303 e. The molecule has 1 aliphatic rings. The number of carboxylic acids is 1. The van der Waals surface area contributed by atoms with Gasteiger partial charge < -0.3 is 10.4 Å². The minimum absolute atomic E-state index is 0.0261. The summed E-state index contributed by atoms with van der Waals surface area (Å²) in [7, 11) is 0. The molecule has 0 saturated carbocycles. The lowest BCUT2D eigenvalue weighted by atomic mass is 9.97. The molecule has 0 heterocycles. The van der Waals surface area contributed by atoms with E-state index < -0.39 is 5.97 Å². The molecule has 0 bridgehead atoms. The summed E-state index contributed by atoms with van der Waals surface area (Å²) in [6.07, 6.45) is 3.70. The van der Waals surface area contributed by atoms with Crippen LogP contribution >= 0.6 is 0 Å². The first kappa shape index (κ1) is 16.5. The number of nitrogens with one attached hydrogen (secondary N) is 1. The Morgan fingerprint density at radius 3 is 2.68 bits per heavy atom. The summed E-state index contributed by atoms with van der Waals surface area (Å²) >= 11 is 0. The number of amides is 1. The van der Waals surface area contributed by atoms with E-state index in [-0.39, 0.29) is 18.4 Å². The fourth-order valence-corrected chi connectivity index (χ4v) is 2.96. The number of hydrogen-bond donors (Lipinski definition) is 2. The van der Waals surface area contributed by atoms with E-state index in [2.05, 4.69) is 37.4 Å². The van der Waals surface area contributed by atoms with Crippen molar-refractivity contribution in [3.63, 3.8) is 0 Å². The van der Waals surface area contributed by atoms with E-state index in [1.807, 2.05) is 0 Å². The van der Waals surface area contributed by atoms with Crippen LogP contribution in [0.15, 0.2) is 18.2 Å². The SMILES string of the molecule is CC(C)c1ccc2c(c1)C(NC(=O)CCCCC(=O)O)CC2. The largest absolute Gasteiger partial charge is 0.481 e. The maximum atomic E-state index is 12.0. The molecule has 0 fully saturated rings. The Balaban J connectivity index is 1.89. The predicted octanol–water partition coefficient (Wildman–Crippen LogP) is 3.56. The summed E-state index contributed by atoms with van der Waals surface area (Å²) in [4.78, 5) is 22.5. The minimum atomic E-state index is -0.800. The Morgan fingerprint density at radius 2 is 2.00 bits per heavy atom. The number of aliphatic carboxylic acids is 1. The Hall–Kier alpha value is -1.84. The molecule has 1 unspecified atom stereocenters. The van der Waals surface area contributed by atoms with Crippen molar-refractivity contribution in [2.45, 2.75) is 64.3 Å². The quantitative estimate of drug-likeness (QED) is 0.757. The number of aryl methyl sites for hydroxylation is 1. The van der Waals surface area contributed by atoms with Crippen molar-refractivity contribution in [3.05, 3.63) is 34.9 Å². The van der Waals surface area contributed by atoms with Gasteiger partial charge in [0.25, 0.3) is 0 Å². The van der Waals surface area contributed by atoms with Crippen LogP contribution in [0.1, 0.15) is 74.6 Å². The minimum Gasteiger partial charge on any atom is -0.481 e. The first-order chi connectivity index (χ1) is 10.5. The number of unbranched alkanes of at least 4 members (excludes halogenated alkanes) is 1. The van der Waals surface area contributed by atoms with Gasteiger partial charge in [0.05, 0.1) is 6.04 Å². The molecule has 2 N–H and O–H groups in total. The predicted molar refractivity (Wildman–Crippen MR) is 85.8 cm³/mol. The van der Waals surface area contributed by atoms with Crippen LogP contribution in [-0.4, -0.2) is 17.0 Å². The monoisotopic (exact) mass is 303 g/mol. The molecule has 0 aromatic heterocycles. The van der Waals surface area contributed by atoms with Gasteiger partial charge in [-0.3, -0.25) is 9.59 Å². The van der Waals surface area contributed by atoms with E-state index in [1.165, 1.54) is 16.7 Å². The number of fused-ring (bicyclic) bond motifs is 1.